The number of hydrogen-bond acceptors (Lipinski definition) is 7. The van der Waals surface area contributed by atoms with Crippen LogP contribution in [-0.2, 0) is 24.8 Å². The molecular weight excluding hydrogens is 633 g/mol. The summed E-state index contributed by atoms with van der Waals surface area (Å²) in [4.78, 5) is 33.8. The number of nitriles is 1. The van der Waals surface area contributed by atoms with Crippen LogP contribution >= 0.6 is 23.2 Å². The number of piperazine rings is 1. The number of rotatable bonds is 7. The van der Waals surface area contributed by atoms with Gasteiger partial charge in [0, 0.05) is 49.0 Å². The molecule has 240 valence electrons. The normalized spacial score (nSPS) is 24.2. The first kappa shape index (κ1) is 32.1. The molecule has 0 aromatic heterocycles. The monoisotopic (exact) mass is 671 g/mol. The quantitative estimate of drug-likeness (QED) is 0.459. The van der Waals surface area contributed by atoms with Gasteiger partial charge in [-0.05, 0) is 88.8 Å². The largest absolute Gasteiger partial charge is 0.369 e. The Morgan fingerprint density at radius 3 is 2.16 bits per heavy atom. The predicted octanol–water partition coefficient (Wildman–Crippen LogP) is 4.56. The zero-order chi connectivity index (χ0) is 32.4. The van der Waals surface area contributed by atoms with Crippen LogP contribution in [0.15, 0.2) is 47.4 Å². The highest BCUT2D eigenvalue weighted by molar-refractivity contribution is 7.92. The summed E-state index contributed by atoms with van der Waals surface area (Å²) in [5.74, 6) is -0.775. The fourth-order valence-corrected chi connectivity index (χ4v) is 9.09. The number of benzene rings is 2. The molecule has 2 amide bonds. The van der Waals surface area contributed by atoms with Crippen molar-refractivity contribution in [3.05, 3.63) is 58.1 Å². The molecule has 45 heavy (non-hydrogen) atoms. The van der Waals surface area contributed by atoms with E-state index in [1.807, 2.05) is 12.1 Å². The van der Waals surface area contributed by atoms with E-state index in [1.165, 1.54) is 4.90 Å². The highest BCUT2D eigenvalue weighted by Gasteiger charge is 2.58. The van der Waals surface area contributed by atoms with Crippen LogP contribution in [0.1, 0.15) is 58.4 Å². The number of likely N-dealkylation sites (tertiary alicyclic amines) is 1. The summed E-state index contributed by atoms with van der Waals surface area (Å²) in [7, 11) is -4.02. The second-order valence-electron chi connectivity index (χ2n) is 13.9. The maximum absolute atomic E-state index is 14.2. The first-order chi connectivity index (χ1) is 21.2. The second kappa shape index (κ2) is 11.4. The average molecular weight is 673 g/mol. The molecule has 0 radical (unpaired) electrons. The Kier molecular flexibility index (Phi) is 8.17. The molecule has 9 nitrogen and oxygen atoms in total. The van der Waals surface area contributed by atoms with Gasteiger partial charge >= 0.3 is 0 Å². The van der Waals surface area contributed by atoms with Crippen LogP contribution in [0.4, 0.5) is 5.69 Å². The molecule has 2 aromatic carbocycles. The van der Waals surface area contributed by atoms with Crippen LogP contribution in [0.25, 0.3) is 0 Å². The number of hydrogen-bond donors (Lipinski definition) is 1. The zero-order valence-electron chi connectivity index (χ0n) is 25.9. The van der Waals surface area contributed by atoms with Crippen molar-refractivity contribution in [1.29, 1.82) is 5.26 Å². The number of nitrogens with one attached hydrogen (secondary N) is 1. The molecule has 6 rings (SSSR count). The van der Waals surface area contributed by atoms with E-state index in [-0.39, 0.29) is 34.3 Å². The molecule has 2 aliphatic heterocycles. The van der Waals surface area contributed by atoms with Gasteiger partial charge in [0.25, 0.3) is 0 Å². The average Bonchev–Trinajstić information content (AvgIpc) is 3.93. The van der Waals surface area contributed by atoms with E-state index < -0.39 is 38.0 Å². The van der Waals surface area contributed by atoms with Crippen molar-refractivity contribution < 1.29 is 18.0 Å². The fourth-order valence-electron chi connectivity index (χ4n) is 6.73. The second-order valence-corrected chi connectivity index (χ2v) is 16.9. The molecule has 2 atom stereocenters. The van der Waals surface area contributed by atoms with E-state index in [2.05, 4.69) is 42.0 Å². The van der Waals surface area contributed by atoms with Gasteiger partial charge in [-0.3, -0.25) is 14.5 Å². The smallest absolute Gasteiger partial charge is 0.244 e. The third kappa shape index (κ3) is 6.05. The van der Waals surface area contributed by atoms with E-state index in [9.17, 15) is 23.3 Å². The van der Waals surface area contributed by atoms with Gasteiger partial charge in [0.15, 0.2) is 9.84 Å². The lowest BCUT2D eigenvalue weighted by molar-refractivity contribution is -0.140. The van der Waals surface area contributed by atoms with Crippen molar-refractivity contribution in [1.82, 2.24) is 15.1 Å². The van der Waals surface area contributed by atoms with Crippen LogP contribution in [-0.4, -0.2) is 85.1 Å². The first-order valence-electron chi connectivity index (χ1n) is 15.5. The van der Waals surface area contributed by atoms with Crippen LogP contribution in [0, 0.1) is 11.3 Å². The molecule has 1 unspecified atom stereocenters. The van der Waals surface area contributed by atoms with E-state index in [0.717, 1.165) is 37.4 Å². The summed E-state index contributed by atoms with van der Waals surface area (Å²) in [5.41, 5.74) is -0.0505. The third-order valence-electron chi connectivity index (χ3n) is 9.96. The van der Waals surface area contributed by atoms with Gasteiger partial charge in [0.1, 0.15) is 11.6 Å². The summed E-state index contributed by atoms with van der Waals surface area (Å²) in [6.45, 7) is 9.83. The van der Waals surface area contributed by atoms with Crippen LogP contribution < -0.4 is 10.2 Å². The molecule has 2 saturated heterocycles. The summed E-state index contributed by atoms with van der Waals surface area (Å²) in [5, 5.41) is 12.0. The lowest BCUT2D eigenvalue weighted by Crippen LogP contribution is -2.53. The summed E-state index contributed by atoms with van der Waals surface area (Å²) >= 11 is 12.8. The van der Waals surface area contributed by atoms with Gasteiger partial charge < -0.3 is 15.1 Å². The Hall–Kier alpha value is -2.84. The molecule has 4 aliphatic rings. The summed E-state index contributed by atoms with van der Waals surface area (Å²) in [6.07, 6.45) is 2.16. The van der Waals surface area contributed by atoms with Gasteiger partial charge in [-0.25, -0.2) is 8.42 Å². The van der Waals surface area contributed by atoms with Crippen LogP contribution in [0.5, 0.6) is 0 Å². The number of sulfone groups is 1. The molecule has 1 N–H and O–H groups in total. The number of carbonyl (C=O) groups is 2. The topological polar surface area (TPSA) is 114 Å². The van der Waals surface area contributed by atoms with Crippen molar-refractivity contribution in [2.75, 3.05) is 37.6 Å². The SMILES string of the molecule is CC(C)(C)N1CCN(c2ccc(S(=O)(=O)C3C[C@@H](C(=O)NC4(C#N)CC4)N(C(=O)C4(c5ccc(Cl)cc5)CC4)C3)c(Cl)c2)CC1. The highest BCUT2D eigenvalue weighted by Crippen LogP contribution is 2.51. The van der Waals surface area contributed by atoms with Gasteiger partial charge in [-0.15, -0.1) is 0 Å². The van der Waals surface area contributed by atoms with Crippen molar-refractivity contribution in [3.8, 4) is 6.07 Å². The molecular formula is C33H39Cl2N5O4S. The molecule has 2 aromatic rings. The lowest BCUT2D eigenvalue weighted by Gasteiger charge is -2.43. The highest BCUT2D eigenvalue weighted by atomic mass is 35.5. The maximum atomic E-state index is 14.2. The summed E-state index contributed by atoms with van der Waals surface area (Å²) in [6, 6.07) is 13.2. The minimum Gasteiger partial charge on any atom is -0.369 e. The molecule has 2 aliphatic carbocycles. The van der Waals surface area contributed by atoms with Crippen molar-refractivity contribution in [2.45, 2.75) is 85.6 Å². The first-order valence-corrected chi connectivity index (χ1v) is 17.8. The molecule has 12 heteroatoms. The van der Waals surface area contributed by atoms with E-state index in [0.29, 0.717) is 30.7 Å². The Morgan fingerprint density at radius 1 is 0.978 bits per heavy atom. The maximum Gasteiger partial charge on any atom is 0.244 e. The predicted molar refractivity (Wildman–Crippen MR) is 174 cm³/mol. The molecule has 0 bridgehead atoms. The van der Waals surface area contributed by atoms with Gasteiger partial charge in [-0.2, -0.15) is 5.26 Å². The van der Waals surface area contributed by atoms with Gasteiger partial charge in [0.05, 0.1) is 26.7 Å². The standard InChI is InChI=1S/C33H39Cl2N5O4S/c1-31(2,3)39-16-14-38(15-17-39)24-8-9-28(26(35)18-24)45(43,44)25-19-27(29(41)37-32(21-36)10-11-32)40(20-25)30(42)33(12-13-33)22-4-6-23(34)7-5-22/h4-9,18,25,27H,10-17,19-20H2,1-3H3,(H,37,41)/t25?,27-/m0/s1. The summed E-state index contributed by atoms with van der Waals surface area (Å²) < 4.78 is 28.2. The molecule has 4 fully saturated rings. The van der Waals surface area contributed by atoms with Crippen LogP contribution in [0.2, 0.25) is 10.0 Å². The van der Waals surface area contributed by atoms with Gasteiger partial charge in [-0.1, -0.05) is 35.3 Å². The van der Waals surface area contributed by atoms with E-state index in [4.69, 9.17) is 23.2 Å². The van der Waals surface area contributed by atoms with Crippen molar-refractivity contribution in [2.24, 2.45) is 0 Å². The van der Waals surface area contributed by atoms with Crippen molar-refractivity contribution >= 4 is 50.5 Å². The zero-order valence-corrected chi connectivity index (χ0v) is 28.2. The number of amides is 2. The molecule has 0 spiro atoms. The number of anilines is 1. The number of nitrogens with zero attached hydrogens (tertiary/aromatic N) is 4. The molecule has 2 heterocycles. The molecule has 2 saturated carbocycles. The Balaban J connectivity index is 1.25. The lowest BCUT2D eigenvalue weighted by atomic mass is 9.94. The van der Waals surface area contributed by atoms with E-state index >= 15 is 0 Å². The minimum atomic E-state index is -4.02. The van der Waals surface area contributed by atoms with Crippen LogP contribution in [0.3, 0.4) is 0 Å². The van der Waals surface area contributed by atoms with Crippen molar-refractivity contribution in [3.63, 3.8) is 0 Å². The number of halogens is 2. The fraction of sp³-hybridized carbons (Fsp3) is 0.545. The third-order valence-corrected chi connectivity index (χ3v) is 12.8. The van der Waals surface area contributed by atoms with Gasteiger partial charge in [0.2, 0.25) is 11.8 Å². The Labute approximate surface area is 275 Å². The number of carbonyl (C=O) groups excluding carboxylic acids is 2. The minimum absolute atomic E-state index is 0.00535. The Morgan fingerprint density at radius 2 is 1.62 bits per heavy atom. The Bertz CT molecular complexity index is 1650. The van der Waals surface area contributed by atoms with E-state index in [1.54, 1.807) is 30.3 Å².